The number of furan rings is 1. The molecule has 94 valence electrons. The van der Waals surface area contributed by atoms with Crippen LogP contribution in [0.1, 0.15) is 25.8 Å². The molecule has 18 heavy (non-hydrogen) atoms. The van der Waals surface area contributed by atoms with Crippen molar-refractivity contribution in [2.75, 3.05) is 6.54 Å². The topological polar surface area (TPSA) is 59.3 Å². The number of Topliss-reactive ketones (excluding diaryl/α,β-unsaturated/α-hetero) is 1. The fourth-order valence-corrected chi connectivity index (χ4v) is 2.54. The predicted molar refractivity (Wildman–Crippen MR) is 69.4 cm³/mol. The number of hydrogen-bond donors (Lipinski definition) is 1. The van der Waals surface area contributed by atoms with Crippen LogP contribution in [0.25, 0.3) is 0 Å². The van der Waals surface area contributed by atoms with E-state index in [0.29, 0.717) is 9.90 Å². The first-order valence-electron chi connectivity index (χ1n) is 5.18. The van der Waals surface area contributed by atoms with Gasteiger partial charge in [-0.15, -0.1) is 11.3 Å². The minimum atomic E-state index is -0.349. The van der Waals surface area contributed by atoms with Gasteiger partial charge in [0, 0.05) is 0 Å². The van der Waals surface area contributed by atoms with E-state index in [0.717, 1.165) is 5.56 Å². The molecule has 2 aromatic rings. The van der Waals surface area contributed by atoms with E-state index in [-0.39, 0.29) is 24.0 Å². The minimum Gasteiger partial charge on any atom is -0.461 e. The van der Waals surface area contributed by atoms with E-state index in [1.807, 2.05) is 6.92 Å². The maximum absolute atomic E-state index is 11.8. The van der Waals surface area contributed by atoms with E-state index in [9.17, 15) is 9.59 Å². The van der Waals surface area contributed by atoms with Crippen molar-refractivity contribution in [2.24, 2.45) is 0 Å². The second-order valence-corrected chi connectivity index (χ2v) is 4.90. The van der Waals surface area contributed by atoms with Crippen molar-refractivity contribution in [2.45, 2.75) is 6.92 Å². The molecular weight excluding hydrogens is 274 g/mol. The lowest BCUT2D eigenvalue weighted by atomic mass is 10.3. The van der Waals surface area contributed by atoms with Crippen molar-refractivity contribution in [3.05, 3.63) is 45.0 Å². The summed E-state index contributed by atoms with van der Waals surface area (Å²) in [4.78, 5) is 23.8. The van der Waals surface area contributed by atoms with Gasteiger partial charge in [0.25, 0.3) is 5.91 Å². The van der Waals surface area contributed by atoms with E-state index in [1.165, 1.54) is 17.6 Å². The molecule has 0 saturated carbocycles. The fraction of sp³-hybridized carbons (Fsp3) is 0.167. The van der Waals surface area contributed by atoms with Gasteiger partial charge < -0.3 is 9.73 Å². The molecule has 0 radical (unpaired) electrons. The number of amides is 1. The molecule has 0 spiro atoms. The molecular formula is C12H10ClNO3S. The van der Waals surface area contributed by atoms with Crippen LogP contribution in [-0.4, -0.2) is 18.2 Å². The summed E-state index contributed by atoms with van der Waals surface area (Å²) in [5.41, 5.74) is 0.851. The summed E-state index contributed by atoms with van der Waals surface area (Å²) in [7, 11) is 0. The van der Waals surface area contributed by atoms with Crippen LogP contribution in [0, 0.1) is 6.92 Å². The standard InChI is InChI=1S/C12H10ClNO3S/c1-7-6-18-11(10(7)13)12(16)14-5-8(15)9-3-2-4-17-9/h2-4,6H,5H2,1H3,(H,14,16). The number of rotatable bonds is 4. The van der Waals surface area contributed by atoms with Crippen molar-refractivity contribution in [3.8, 4) is 0 Å². The van der Waals surface area contributed by atoms with Crippen molar-refractivity contribution < 1.29 is 14.0 Å². The molecule has 0 aliphatic heterocycles. The Morgan fingerprint density at radius 2 is 2.28 bits per heavy atom. The third-order valence-electron chi connectivity index (χ3n) is 2.31. The molecule has 6 heteroatoms. The molecule has 2 heterocycles. The molecule has 0 saturated heterocycles. The van der Waals surface area contributed by atoms with Crippen LogP contribution in [-0.2, 0) is 0 Å². The smallest absolute Gasteiger partial charge is 0.263 e. The molecule has 0 aromatic carbocycles. The summed E-state index contributed by atoms with van der Waals surface area (Å²) >= 11 is 7.22. The van der Waals surface area contributed by atoms with Crippen LogP contribution < -0.4 is 5.32 Å². The zero-order valence-corrected chi connectivity index (χ0v) is 11.1. The van der Waals surface area contributed by atoms with Crippen LogP contribution in [0.2, 0.25) is 5.02 Å². The van der Waals surface area contributed by atoms with Crippen LogP contribution >= 0.6 is 22.9 Å². The molecule has 2 aromatic heterocycles. The maximum Gasteiger partial charge on any atom is 0.263 e. The third kappa shape index (κ3) is 2.63. The number of nitrogens with one attached hydrogen (secondary N) is 1. The highest BCUT2D eigenvalue weighted by atomic mass is 35.5. The Balaban J connectivity index is 1.97. The molecule has 0 aliphatic carbocycles. The lowest BCUT2D eigenvalue weighted by molar-refractivity contribution is 0.0895. The van der Waals surface area contributed by atoms with Gasteiger partial charge in [0.15, 0.2) is 5.76 Å². The summed E-state index contributed by atoms with van der Waals surface area (Å²) in [6.07, 6.45) is 1.41. The molecule has 0 unspecified atom stereocenters. The van der Waals surface area contributed by atoms with Crippen molar-refractivity contribution in [3.63, 3.8) is 0 Å². The largest absolute Gasteiger partial charge is 0.461 e. The van der Waals surface area contributed by atoms with Gasteiger partial charge in [-0.2, -0.15) is 0 Å². The summed E-state index contributed by atoms with van der Waals surface area (Å²) in [6.45, 7) is 1.71. The molecule has 1 N–H and O–H groups in total. The second-order valence-electron chi connectivity index (χ2n) is 3.64. The Kier molecular flexibility index (Phi) is 3.84. The van der Waals surface area contributed by atoms with Gasteiger partial charge in [-0.05, 0) is 30.0 Å². The van der Waals surface area contributed by atoms with Gasteiger partial charge in [0.2, 0.25) is 5.78 Å². The van der Waals surface area contributed by atoms with Crippen LogP contribution in [0.3, 0.4) is 0 Å². The SMILES string of the molecule is Cc1csc(C(=O)NCC(=O)c2ccco2)c1Cl. The number of hydrogen-bond acceptors (Lipinski definition) is 4. The Morgan fingerprint density at radius 3 is 2.83 bits per heavy atom. The van der Waals surface area contributed by atoms with Crippen molar-refractivity contribution in [1.29, 1.82) is 0 Å². The maximum atomic E-state index is 11.8. The van der Waals surface area contributed by atoms with E-state index in [1.54, 1.807) is 17.5 Å². The Bertz CT molecular complexity index is 574. The molecule has 1 amide bonds. The summed E-state index contributed by atoms with van der Waals surface area (Å²) in [5.74, 6) is -0.403. The average Bonchev–Trinajstić information content (AvgIpc) is 2.98. The number of carbonyl (C=O) groups is 2. The van der Waals surface area contributed by atoms with E-state index >= 15 is 0 Å². The first kappa shape index (κ1) is 12.9. The van der Waals surface area contributed by atoms with Gasteiger partial charge in [-0.25, -0.2) is 0 Å². The first-order valence-corrected chi connectivity index (χ1v) is 6.44. The number of aryl methyl sites for hydroxylation is 1. The Morgan fingerprint density at radius 1 is 1.50 bits per heavy atom. The minimum absolute atomic E-state index is 0.111. The van der Waals surface area contributed by atoms with E-state index in [2.05, 4.69) is 5.32 Å². The van der Waals surface area contributed by atoms with Crippen LogP contribution in [0.15, 0.2) is 28.2 Å². The highest BCUT2D eigenvalue weighted by Crippen LogP contribution is 2.26. The van der Waals surface area contributed by atoms with Crippen LogP contribution in [0.5, 0.6) is 0 Å². The molecule has 0 atom stereocenters. The number of ketones is 1. The molecule has 0 aliphatic rings. The quantitative estimate of drug-likeness (QED) is 0.878. The highest BCUT2D eigenvalue weighted by Gasteiger charge is 2.16. The highest BCUT2D eigenvalue weighted by molar-refractivity contribution is 7.13. The summed E-state index contributed by atoms with van der Waals surface area (Å²) in [5, 5.41) is 4.75. The molecule has 0 bridgehead atoms. The Labute approximate surface area is 113 Å². The number of halogens is 1. The summed E-state index contributed by atoms with van der Waals surface area (Å²) in [6, 6.07) is 3.17. The number of thiophene rings is 1. The van der Waals surface area contributed by atoms with Crippen molar-refractivity contribution in [1.82, 2.24) is 5.32 Å². The van der Waals surface area contributed by atoms with Crippen LogP contribution in [0.4, 0.5) is 0 Å². The normalized spacial score (nSPS) is 10.3. The zero-order chi connectivity index (χ0) is 13.1. The van der Waals surface area contributed by atoms with E-state index < -0.39 is 0 Å². The Hall–Kier alpha value is -1.59. The lowest BCUT2D eigenvalue weighted by Crippen LogP contribution is -2.29. The van der Waals surface area contributed by atoms with Gasteiger partial charge in [-0.3, -0.25) is 9.59 Å². The second kappa shape index (κ2) is 5.37. The van der Waals surface area contributed by atoms with E-state index in [4.69, 9.17) is 16.0 Å². The molecule has 0 fully saturated rings. The average molecular weight is 284 g/mol. The predicted octanol–water partition coefficient (Wildman–Crippen LogP) is 2.92. The molecule has 2 rings (SSSR count). The first-order chi connectivity index (χ1) is 8.59. The monoisotopic (exact) mass is 283 g/mol. The van der Waals surface area contributed by atoms with Crippen molar-refractivity contribution >= 4 is 34.6 Å². The van der Waals surface area contributed by atoms with Gasteiger partial charge in [0.05, 0.1) is 17.8 Å². The fourth-order valence-electron chi connectivity index (χ4n) is 1.35. The van der Waals surface area contributed by atoms with Gasteiger partial charge >= 0.3 is 0 Å². The third-order valence-corrected chi connectivity index (χ3v) is 4.01. The number of carbonyl (C=O) groups excluding carboxylic acids is 2. The zero-order valence-electron chi connectivity index (χ0n) is 9.53. The summed E-state index contributed by atoms with van der Waals surface area (Å²) < 4.78 is 4.94. The van der Waals surface area contributed by atoms with Gasteiger partial charge in [-0.1, -0.05) is 11.6 Å². The lowest BCUT2D eigenvalue weighted by Gasteiger charge is -2.02. The van der Waals surface area contributed by atoms with Gasteiger partial charge in [0.1, 0.15) is 4.88 Å². The molecule has 4 nitrogen and oxygen atoms in total.